The second-order valence-corrected chi connectivity index (χ2v) is 5.18. The van der Waals surface area contributed by atoms with Gasteiger partial charge in [-0.15, -0.1) is 0 Å². The van der Waals surface area contributed by atoms with Gasteiger partial charge in [-0.25, -0.2) is 4.79 Å². The third kappa shape index (κ3) is 12.6. The first-order valence-electron chi connectivity index (χ1n) is 6.60. The van der Waals surface area contributed by atoms with Crippen molar-refractivity contribution in [2.45, 2.75) is 26.4 Å². The first kappa shape index (κ1) is 18.9. The van der Waals surface area contributed by atoms with Crippen LogP contribution >= 0.6 is 0 Å². The van der Waals surface area contributed by atoms with Crippen molar-refractivity contribution in [3.05, 3.63) is 20.9 Å². The number of carbonyl (C=O) groups excluding carboxylic acids is 1. The topological polar surface area (TPSA) is 139 Å². The van der Waals surface area contributed by atoms with Crippen LogP contribution < -0.4 is 5.32 Å². The molecule has 0 aromatic carbocycles. The molecule has 118 valence electrons. The van der Waals surface area contributed by atoms with Crippen molar-refractivity contribution in [3.8, 4) is 0 Å². The van der Waals surface area contributed by atoms with Crippen LogP contribution in [0.3, 0.4) is 0 Å². The van der Waals surface area contributed by atoms with Crippen LogP contribution in [0.5, 0.6) is 0 Å². The van der Waals surface area contributed by atoms with Crippen molar-refractivity contribution in [1.29, 1.82) is 0 Å². The van der Waals surface area contributed by atoms with E-state index in [9.17, 15) is 4.79 Å². The summed E-state index contributed by atoms with van der Waals surface area (Å²) in [6.07, 6.45) is -0.479. The van der Waals surface area contributed by atoms with Crippen LogP contribution in [-0.2, 0) is 4.74 Å². The molecule has 0 saturated carbocycles. The fraction of sp³-hybridized carbons (Fsp3) is 0.909. The summed E-state index contributed by atoms with van der Waals surface area (Å²) in [6.45, 7) is 8.00. The van der Waals surface area contributed by atoms with Gasteiger partial charge in [-0.1, -0.05) is 10.2 Å². The van der Waals surface area contributed by atoms with E-state index in [4.69, 9.17) is 15.8 Å². The number of amides is 1. The van der Waals surface area contributed by atoms with Crippen LogP contribution in [-0.4, -0.2) is 55.9 Å². The van der Waals surface area contributed by atoms with E-state index in [1.54, 1.807) is 20.8 Å². The van der Waals surface area contributed by atoms with Gasteiger partial charge in [0.05, 0.1) is 0 Å². The van der Waals surface area contributed by atoms with Crippen LogP contribution in [0.1, 0.15) is 20.8 Å². The fourth-order valence-electron chi connectivity index (χ4n) is 1.43. The fourth-order valence-corrected chi connectivity index (χ4v) is 1.43. The molecule has 1 N–H and O–H groups in total. The number of nitrogens with zero attached hydrogens (tertiary/aromatic N) is 7. The second kappa shape index (κ2) is 10.6. The molecule has 0 rings (SSSR count). The average Bonchev–Trinajstić information content (AvgIpc) is 2.36. The zero-order chi connectivity index (χ0) is 16.1. The number of alkyl carbamates (subject to hydrolysis) is 1. The Hall–Kier alpha value is -2.15. The van der Waals surface area contributed by atoms with Gasteiger partial charge in [-0.05, 0) is 31.8 Å². The van der Waals surface area contributed by atoms with Crippen molar-refractivity contribution in [1.82, 2.24) is 10.2 Å². The lowest BCUT2D eigenvalue weighted by Crippen LogP contribution is -2.39. The summed E-state index contributed by atoms with van der Waals surface area (Å²) in [5.74, 6) is 0. The smallest absolute Gasteiger partial charge is 0.407 e. The zero-order valence-electron chi connectivity index (χ0n) is 12.7. The Morgan fingerprint density at radius 2 is 1.67 bits per heavy atom. The lowest BCUT2D eigenvalue weighted by molar-refractivity contribution is 0.0522. The molecule has 1 amide bonds. The maximum Gasteiger partial charge on any atom is 0.407 e. The van der Waals surface area contributed by atoms with Gasteiger partial charge >= 0.3 is 6.09 Å². The number of rotatable bonds is 9. The Labute approximate surface area is 123 Å². The van der Waals surface area contributed by atoms with Gasteiger partial charge < -0.3 is 15.0 Å². The van der Waals surface area contributed by atoms with E-state index >= 15 is 0 Å². The van der Waals surface area contributed by atoms with Gasteiger partial charge in [-0.3, -0.25) is 0 Å². The largest absolute Gasteiger partial charge is 0.444 e. The molecular weight excluding hydrogens is 276 g/mol. The predicted molar refractivity (Wildman–Crippen MR) is 78.7 cm³/mol. The molecule has 10 heteroatoms. The molecule has 0 heterocycles. The average molecular weight is 298 g/mol. The SMILES string of the molecule is CC(C)(C)OC(=O)NCCN(CCN=[N+]=[N-])CCN=[N+]=[N-]. The molecule has 0 aliphatic carbocycles. The third-order valence-corrected chi connectivity index (χ3v) is 2.26. The molecule has 0 fully saturated rings. The number of hydrogen-bond acceptors (Lipinski definition) is 5. The summed E-state index contributed by atoms with van der Waals surface area (Å²) < 4.78 is 5.11. The Morgan fingerprint density at radius 1 is 1.14 bits per heavy atom. The molecular formula is C11H22N8O2. The van der Waals surface area contributed by atoms with E-state index in [0.29, 0.717) is 39.3 Å². The van der Waals surface area contributed by atoms with Crippen LogP contribution in [0.15, 0.2) is 10.2 Å². The van der Waals surface area contributed by atoms with Crippen LogP contribution in [0.4, 0.5) is 4.79 Å². The molecule has 10 nitrogen and oxygen atoms in total. The maximum atomic E-state index is 11.5. The highest BCUT2D eigenvalue weighted by atomic mass is 16.6. The summed E-state index contributed by atoms with van der Waals surface area (Å²) >= 11 is 0. The molecule has 0 aromatic rings. The second-order valence-electron chi connectivity index (χ2n) is 5.18. The van der Waals surface area contributed by atoms with Crippen molar-refractivity contribution in [2.24, 2.45) is 10.2 Å². The number of nitrogens with one attached hydrogen (secondary N) is 1. The molecule has 0 aliphatic heterocycles. The van der Waals surface area contributed by atoms with Gasteiger partial charge in [-0.2, -0.15) is 0 Å². The van der Waals surface area contributed by atoms with Gasteiger partial charge in [0.25, 0.3) is 0 Å². The number of ether oxygens (including phenoxy) is 1. The number of azide groups is 2. The van der Waals surface area contributed by atoms with Crippen LogP contribution in [0, 0.1) is 0 Å². The third-order valence-electron chi connectivity index (χ3n) is 2.26. The van der Waals surface area contributed by atoms with E-state index in [1.165, 1.54) is 0 Å². The molecule has 0 unspecified atom stereocenters. The van der Waals surface area contributed by atoms with Gasteiger partial charge in [0.2, 0.25) is 0 Å². The standard InChI is InChI=1S/C11H22N8O2/c1-11(2,3)21-10(20)14-4-7-19(8-5-15-17-12)9-6-16-18-13/h4-9H2,1-3H3,(H,14,20). The number of carbonyl (C=O) groups is 1. The first-order chi connectivity index (χ1) is 9.89. The zero-order valence-corrected chi connectivity index (χ0v) is 12.7. The van der Waals surface area contributed by atoms with Gasteiger partial charge in [0.15, 0.2) is 0 Å². The predicted octanol–water partition coefficient (Wildman–Crippen LogP) is 2.43. The molecule has 0 radical (unpaired) electrons. The monoisotopic (exact) mass is 298 g/mol. The van der Waals surface area contributed by atoms with E-state index < -0.39 is 11.7 Å². The molecule has 0 atom stereocenters. The van der Waals surface area contributed by atoms with Gasteiger partial charge in [0.1, 0.15) is 5.60 Å². The highest BCUT2D eigenvalue weighted by Crippen LogP contribution is 2.06. The normalized spacial score (nSPS) is 10.5. The lowest BCUT2D eigenvalue weighted by Gasteiger charge is -2.22. The summed E-state index contributed by atoms with van der Waals surface area (Å²) in [6, 6.07) is 0. The minimum Gasteiger partial charge on any atom is -0.444 e. The van der Waals surface area contributed by atoms with Crippen molar-refractivity contribution < 1.29 is 9.53 Å². The Balaban J connectivity index is 4.11. The minimum absolute atomic E-state index is 0.319. The van der Waals surface area contributed by atoms with E-state index in [2.05, 4.69) is 25.4 Å². The molecule has 21 heavy (non-hydrogen) atoms. The van der Waals surface area contributed by atoms with Gasteiger partial charge in [0, 0.05) is 49.1 Å². The molecule has 0 aliphatic rings. The van der Waals surface area contributed by atoms with E-state index in [0.717, 1.165) is 0 Å². The van der Waals surface area contributed by atoms with Crippen molar-refractivity contribution in [2.75, 3.05) is 39.3 Å². The van der Waals surface area contributed by atoms with Crippen molar-refractivity contribution in [3.63, 3.8) is 0 Å². The Kier molecular flexibility index (Phi) is 9.53. The number of hydrogen-bond donors (Lipinski definition) is 1. The highest BCUT2D eigenvalue weighted by Gasteiger charge is 2.15. The summed E-state index contributed by atoms with van der Waals surface area (Å²) in [5, 5.41) is 9.55. The summed E-state index contributed by atoms with van der Waals surface area (Å²) in [7, 11) is 0. The first-order valence-corrected chi connectivity index (χ1v) is 6.60. The van der Waals surface area contributed by atoms with Crippen molar-refractivity contribution >= 4 is 6.09 Å². The highest BCUT2D eigenvalue weighted by molar-refractivity contribution is 5.67. The molecule has 0 bridgehead atoms. The lowest BCUT2D eigenvalue weighted by atomic mass is 10.2. The van der Waals surface area contributed by atoms with E-state index in [1.807, 2.05) is 4.90 Å². The minimum atomic E-state index is -0.535. The summed E-state index contributed by atoms with van der Waals surface area (Å²) in [4.78, 5) is 18.8. The van der Waals surface area contributed by atoms with E-state index in [-0.39, 0.29) is 0 Å². The van der Waals surface area contributed by atoms with Crippen LogP contribution in [0.2, 0.25) is 0 Å². The molecule has 0 saturated heterocycles. The quantitative estimate of drug-likeness (QED) is 0.397. The maximum absolute atomic E-state index is 11.5. The molecule has 0 spiro atoms. The summed E-state index contributed by atoms with van der Waals surface area (Å²) in [5.41, 5.74) is 16.0. The molecule has 0 aromatic heterocycles. The Bertz CT molecular complexity index is 385. The Morgan fingerprint density at radius 3 is 2.10 bits per heavy atom. The van der Waals surface area contributed by atoms with Crippen LogP contribution in [0.25, 0.3) is 20.9 Å².